The van der Waals surface area contributed by atoms with Crippen molar-refractivity contribution in [2.45, 2.75) is 47.3 Å². The summed E-state index contributed by atoms with van der Waals surface area (Å²) in [7, 11) is 0. The standard InChI is InChI=1S/C30H33FN2O/c1-6-9-11-17-26(23-16-13-12-15-21(23)4)33-30(31)25-19-18-24-22(5)27(14-8-3)34-29(24)28(25)32-20-10-7-2/h7-20,30,33H,6H2,1-5H3/b10-7-,11-9-,14-8-,26-17-,32-20?/t30-/m0/s1. The molecular weight excluding hydrogens is 423 g/mol. The van der Waals surface area contributed by atoms with Crippen LogP contribution >= 0.6 is 0 Å². The molecule has 1 atom stereocenters. The number of hydrogen-bond donors (Lipinski definition) is 1. The number of aryl methyl sites for hydroxylation is 2. The lowest BCUT2D eigenvalue weighted by Crippen LogP contribution is -2.17. The van der Waals surface area contributed by atoms with Gasteiger partial charge in [-0.2, -0.15) is 0 Å². The van der Waals surface area contributed by atoms with Crippen LogP contribution in [0.3, 0.4) is 0 Å². The third-order valence-electron chi connectivity index (χ3n) is 5.57. The summed E-state index contributed by atoms with van der Waals surface area (Å²) in [6.45, 7) is 9.95. The Balaban J connectivity index is 2.11. The fraction of sp³-hybridized carbons (Fsp3) is 0.233. The highest BCUT2D eigenvalue weighted by Gasteiger charge is 2.21. The Labute approximate surface area is 202 Å². The van der Waals surface area contributed by atoms with Crippen molar-refractivity contribution in [3.63, 3.8) is 0 Å². The molecule has 0 saturated carbocycles. The second-order valence-corrected chi connectivity index (χ2v) is 8.01. The van der Waals surface area contributed by atoms with Crippen LogP contribution in [0.5, 0.6) is 0 Å². The highest BCUT2D eigenvalue weighted by molar-refractivity contribution is 5.95. The van der Waals surface area contributed by atoms with Gasteiger partial charge in [0.1, 0.15) is 11.4 Å². The first-order valence-corrected chi connectivity index (χ1v) is 11.7. The summed E-state index contributed by atoms with van der Waals surface area (Å²) in [5, 5.41) is 4.01. The number of allylic oxidation sites excluding steroid dienone is 6. The zero-order chi connectivity index (χ0) is 24.5. The predicted molar refractivity (Wildman–Crippen MR) is 144 cm³/mol. The van der Waals surface area contributed by atoms with E-state index in [1.807, 2.05) is 101 Å². The topological polar surface area (TPSA) is 37.5 Å². The summed E-state index contributed by atoms with van der Waals surface area (Å²) >= 11 is 0. The van der Waals surface area contributed by atoms with Gasteiger partial charge in [-0.15, -0.1) is 0 Å². The van der Waals surface area contributed by atoms with Crippen molar-refractivity contribution in [3.8, 4) is 0 Å². The first-order valence-electron chi connectivity index (χ1n) is 11.7. The number of rotatable bonds is 9. The Bertz CT molecular complexity index is 1270. The van der Waals surface area contributed by atoms with Gasteiger partial charge in [-0.3, -0.25) is 4.99 Å². The normalized spacial score (nSPS) is 13.9. The minimum Gasteiger partial charge on any atom is -0.454 e. The minimum absolute atomic E-state index is 0.424. The monoisotopic (exact) mass is 456 g/mol. The van der Waals surface area contributed by atoms with Gasteiger partial charge < -0.3 is 9.73 Å². The van der Waals surface area contributed by atoms with Crippen LogP contribution in [0.2, 0.25) is 0 Å². The Morgan fingerprint density at radius 2 is 1.88 bits per heavy atom. The smallest absolute Gasteiger partial charge is 0.198 e. The van der Waals surface area contributed by atoms with Crippen molar-refractivity contribution in [1.82, 2.24) is 5.32 Å². The van der Waals surface area contributed by atoms with Gasteiger partial charge >= 0.3 is 0 Å². The van der Waals surface area contributed by atoms with Gasteiger partial charge in [-0.05, 0) is 57.9 Å². The summed E-state index contributed by atoms with van der Waals surface area (Å²) in [6, 6.07) is 11.7. The highest BCUT2D eigenvalue weighted by Crippen LogP contribution is 2.39. The average Bonchev–Trinajstić information content (AvgIpc) is 3.15. The number of fused-ring (bicyclic) bond motifs is 1. The lowest BCUT2D eigenvalue weighted by molar-refractivity contribution is 0.316. The second-order valence-electron chi connectivity index (χ2n) is 8.01. The van der Waals surface area contributed by atoms with Crippen molar-refractivity contribution in [2.24, 2.45) is 4.99 Å². The van der Waals surface area contributed by atoms with Gasteiger partial charge in [0, 0.05) is 34.0 Å². The summed E-state index contributed by atoms with van der Waals surface area (Å²) in [6.07, 6.45) is 14.5. The quantitative estimate of drug-likeness (QED) is 0.198. The zero-order valence-corrected chi connectivity index (χ0v) is 20.6. The number of benzene rings is 2. The van der Waals surface area contributed by atoms with Gasteiger partial charge in [-0.1, -0.05) is 67.6 Å². The van der Waals surface area contributed by atoms with Crippen molar-refractivity contribution in [2.75, 3.05) is 0 Å². The first kappa shape index (κ1) is 25.0. The fourth-order valence-corrected chi connectivity index (χ4v) is 3.76. The molecule has 3 nitrogen and oxygen atoms in total. The maximum absolute atomic E-state index is 15.9. The van der Waals surface area contributed by atoms with E-state index in [2.05, 4.69) is 17.2 Å². The minimum atomic E-state index is -1.49. The number of nitrogens with one attached hydrogen (secondary N) is 1. The van der Waals surface area contributed by atoms with Gasteiger partial charge in [0.05, 0.1) is 0 Å². The van der Waals surface area contributed by atoms with Gasteiger partial charge in [0.2, 0.25) is 0 Å². The summed E-state index contributed by atoms with van der Waals surface area (Å²) < 4.78 is 22.1. The summed E-state index contributed by atoms with van der Waals surface area (Å²) in [4.78, 5) is 4.59. The van der Waals surface area contributed by atoms with Gasteiger partial charge in [-0.25, -0.2) is 4.39 Å². The summed E-state index contributed by atoms with van der Waals surface area (Å²) in [5.74, 6) is 0.755. The molecule has 0 aliphatic heterocycles. The molecule has 0 radical (unpaired) electrons. The molecular formula is C30H33FN2O. The number of nitrogens with zero attached hydrogens (tertiary/aromatic N) is 1. The molecule has 0 saturated heterocycles. The van der Waals surface area contributed by atoms with Gasteiger partial charge in [0.15, 0.2) is 11.9 Å². The van der Waals surface area contributed by atoms with Crippen molar-refractivity contribution in [3.05, 3.63) is 101 Å². The molecule has 3 rings (SSSR count). The van der Waals surface area contributed by atoms with Crippen molar-refractivity contribution in [1.29, 1.82) is 0 Å². The summed E-state index contributed by atoms with van der Waals surface area (Å²) in [5.41, 5.74) is 5.24. The number of furan rings is 1. The molecule has 0 fully saturated rings. The largest absolute Gasteiger partial charge is 0.454 e. The molecule has 2 aromatic carbocycles. The molecule has 0 bridgehead atoms. The lowest BCUT2D eigenvalue weighted by Gasteiger charge is -2.18. The van der Waals surface area contributed by atoms with Gasteiger partial charge in [0.25, 0.3) is 0 Å². The third-order valence-corrected chi connectivity index (χ3v) is 5.57. The molecule has 34 heavy (non-hydrogen) atoms. The Morgan fingerprint density at radius 1 is 1.09 bits per heavy atom. The zero-order valence-electron chi connectivity index (χ0n) is 20.6. The highest BCUT2D eigenvalue weighted by atomic mass is 19.1. The van der Waals surface area contributed by atoms with E-state index >= 15 is 4.39 Å². The van der Waals surface area contributed by atoms with Crippen LogP contribution in [0.4, 0.5) is 10.1 Å². The van der Waals surface area contributed by atoms with E-state index in [1.54, 1.807) is 12.3 Å². The van der Waals surface area contributed by atoms with Crippen LogP contribution in [-0.2, 0) is 0 Å². The Morgan fingerprint density at radius 3 is 2.59 bits per heavy atom. The number of alkyl halides is 1. The molecule has 1 aromatic heterocycles. The Kier molecular flexibility index (Phi) is 8.80. The van der Waals surface area contributed by atoms with E-state index in [-0.39, 0.29) is 0 Å². The fourth-order valence-electron chi connectivity index (χ4n) is 3.76. The van der Waals surface area contributed by atoms with E-state index < -0.39 is 6.30 Å². The molecule has 0 aliphatic carbocycles. The molecule has 176 valence electrons. The predicted octanol–water partition coefficient (Wildman–Crippen LogP) is 8.93. The molecule has 1 heterocycles. The van der Waals surface area contributed by atoms with E-state index in [0.29, 0.717) is 22.5 Å². The Hall–Kier alpha value is -3.66. The molecule has 0 aliphatic rings. The molecule has 4 heteroatoms. The van der Waals surface area contributed by atoms with E-state index in [1.165, 1.54) is 0 Å². The maximum atomic E-state index is 15.9. The third kappa shape index (κ3) is 5.63. The SMILES string of the molecule is C/C=C\C=Nc1c([C@@H](F)N/C(=C\C=C/CC)c2ccccc2C)ccc2c(C)c(/C=C\C)oc12. The van der Waals surface area contributed by atoms with Crippen LogP contribution in [0.1, 0.15) is 61.5 Å². The number of halogens is 1. The van der Waals surface area contributed by atoms with Crippen LogP contribution in [0, 0.1) is 13.8 Å². The van der Waals surface area contributed by atoms with E-state index in [9.17, 15) is 0 Å². The molecule has 0 unspecified atom stereocenters. The number of aliphatic imine (C=N–C) groups is 1. The average molecular weight is 457 g/mol. The maximum Gasteiger partial charge on any atom is 0.198 e. The van der Waals surface area contributed by atoms with E-state index in [4.69, 9.17) is 4.42 Å². The van der Waals surface area contributed by atoms with Crippen LogP contribution < -0.4 is 5.32 Å². The van der Waals surface area contributed by atoms with Crippen LogP contribution in [0.15, 0.2) is 82.3 Å². The lowest BCUT2D eigenvalue weighted by atomic mass is 10.0. The van der Waals surface area contributed by atoms with Crippen LogP contribution in [0.25, 0.3) is 22.7 Å². The van der Waals surface area contributed by atoms with Crippen LogP contribution in [-0.4, -0.2) is 6.21 Å². The first-order chi connectivity index (χ1) is 16.5. The van der Waals surface area contributed by atoms with E-state index in [0.717, 1.165) is 34.3 Å². The number of hydrogen-bond acceptors (Lipinski definition) is 3. The second kappa shape index (κ2) is 12.0. The van der Waals surface area contributed by atoms with Crippen molar-refractivity contribution >= 4 is 34.6 Å². The molecule has 0 amide bonds. The molecule has 0 spiro atoms. The molecule has 1 N–H and O–H groups in total. The molecule has 3 aromatic rings. The van der Waals surface area contributed by atoms with Crippen molar-refractivity contribution < 1.29 is 8.81 Å².